The van der Waals surface area contributed by atoms with Crippen molar-refractivity contribution in [2.75, 3.05) is 18.0 Å². The average molecular weight is 423 g/mol. The van der Waals surface area contributed by atoms with Gasteiger partial charge < -0.3 is 19.9 Å². The summed E-state index contributed by atoms with van der Waals surface area (Å²) >= 11 is 0. The van der Waals surface area contributed by atoms with Crippen LogP contribution in [0.3, 0.4) is 0 Å². The Hall–Kier alpha value is -2.87. The van der Waals surface area contributed by atoms with Crippen LogP contribution in [0.15, 0.2) is 30.6 Å². The number of aliphatic hydroxyl groups is 1. The molecule has 0 radical (unpaired) electrons. The van der Waals surface area contributed by atoms with Crippen LogP contribution >= 0.6 is 0 Å². The highest BCUT2D eigenvalue weighted by atomic mass is 16.3. The molecular weight excluding hydrogens is 392 g/mol. The number of fused-ring (bicyclic) bond motifs is 1. The Balaban J connectivity index is 1.25. The van der Waals surface area contributed by atoms with Crippen molar-refractivity contribution in [2.24, 2.45) is 7.05 Å². The molecule has 8 nitrogen and oxygen atoms in total. The molecule has 0 unspecified atom stereocenters. The molecule has 0 spiro atoms. The third kappa shape index (κ3) is 3.92. The molecule has 0 bridgehead atoms. The van der Waals surface area contributed by atoms with Crippen molar-refractivity contribution in [1.82, 2.24) is 24.6 Å². The summed E-state index contributed by atoms with van der Waals surface area (Å²) in [6.45, 7) is 3.46. The lowest BCUT2D eigenvalue weighted by molar-refractivity contribution is 0.0922. The number of β-amino-alcohol motifs (C(OH)–C–C–N with tert-alkyl or cyclic N) is 1. The lowest BCUT2D eigenvalue weighted by Crippen LogP contribution is -2.38. The monoisotopic (exact) mass is 422 g/mol. The maximum absolute atomic E-state index is 12.9. The maximum atomic E-state index is 12.9. The zero-order valence-corrected chi connectivity index (χ0v) is 18.2. The molecule has 1 aliphatic carbocycles. The Morgan fingerprint density at radius 2 is 2.00 bits per heavy atom. The summed E-state index contributed by atoms with van der Waals surface area (Å²) in [4.78, 5) is 19.7. The van der Waals surface area contributed by atoms with Crippen LogP contribution in [0.25, 0.3) is 11.0 Å². The van der Waals surface area contributed by atoms with Crippen molar-refractivity contribution in [2.45, 2.75) is 57.2 Å². The van der Waals surface area contributed by atoms with E-state index in [0.29, 0.717) is 18.2 Å². The molecule has 1 aromatic carbocycles. The van der Waals surface area contributed by atoms with Gasteiger partial charge in [0, 0.05) is 37.9 Å². The summed E-state index contributed by atoms with van der Waals surface area (Å²) < 4.78 is 4.10. The molecule has 31 heavy (non-hydrogen) atoms. The Morgan fingerprint density at radius 1 is 1.19 bits per heavy atom. The number of hydrogen-bond acceptors (Lipinski definition) is 5. The molecule has 2 aliphatic rings. The van der Waals surface area contributed by atoms with E-state index in [4.69, 9.17) is 4.98 Å². The van der Waals surface area contributed by atoms with E-state index in [1.165, 1.54) is 5.56 Å². The average Bonchev–Trinajstić information content (AvgIpc) is 3.47. The van der Waals surface area contributed by atoms with Crippen LogP contribution in [0, 0.1) is 6.92 Å². The number of amides is 1. The van der Waals surface area contributed by atoms with E-state index >= 15 is 0 Å². The van der Waals surface area contributed by atoms with Crippen molar-refractivity contribution >= 4 is 22.9 Å². The Labute approximate surface area is 181 Å². The van der Waals surface area contributed by atoms with Crippen LogP contribution in [0.2, 0.25) is 0 Å². The van der Waals surface area contributed by atoms with E-state index in [1.54, 1.807) is 0 Å². The van der Waals surface area contributed by atoms with Gasteiger partial charge in [0.2, 0.25) is 5.95 Å². The predicted octanol–water partition coefficient (Wildman–Crippen LogP) is 2.56. The van der Waals surface area contributed by atoms with Crippen molar-refractivity contribution in [3.05, 3.63) is 41.7 Å². The number of nitrogens with zero attached hydrogens (tertiary/aromatic N) is 5. The van der Waals surface area contributed by atoms with Crippen LogP contribution in [-0.2, 0) is 7.05 Å². The lowest BCUT2D eigenvalue weighted by Gasteiger charge is -2.29. The second-order valence-corrected chi connectivity index (χ2v) is 9.04. The lowest BCUT2D eigenvalue weighted by atomic mass is 9.91. The number of aliphatic hydroxyl groups excluding tert-OH is 1. The van der Waals surface area contributed by atoms with Crippen LogP contribution in [0.5, 0.6) is 0 Å². The Kier molecular flexibility index (Phi) is 5.17. The maximum Gasteiger partial charge on any atom is 0.251 e. The molecule has 2 N–H and O–H groups in total. The SMILES string of the molecule is Cc1cnn(C2CCC(NC(=O)c3ccc4c(c3)nc(N3CC[C@H](O)C3)n4C)CC2)c1. The quantitative estimate of drug-likeness (QED) is 0.675. The number of hydrogen-bond donors (Lipinski definition) is 2. The number of carbonyl (C=O) groups excluding carboxylic acids is 1. The fraction of sp³-hybridized carbons (Fsp3) is 0.522. The largest absolute Gasteiger partial charge is 0.391 e. The normalized spacial score (nSPS) is 24.1. The first-order chi connectivity index (χ1) is 15.0. The van der Waals surface area contributed by atoms with Gasteiger partial charge in [-0.15, -0.1) is 0 Å². The van der Waals surface area contributed by atoms with Gasteiger partial charge in [-0.1, -0.05) is 0 Å². The highest BCUT2D eigenvalue weighted by Crippen LogP contribution is 2.29. The first kappa shape index (κ1) is 20.1. The first-order valence-corrected chi connectivity index (χ1v) is 11.2. The topological polar surface area (TPSA) is 88.2 Å². The number of imidazole rings is 1. The van der Waals surface area contributed by atoms with Crippen molar-refractivity contribution in [1.29, 1.82) is 0 Å². The van der Waals surface area contributed by atoms with Gasteiger partial charge in [-0.25, -0.2) is 4.98 Å². The van der Waals surface area contributed by atoms with Gasteiger partial charge in [-0.3, -0.25) is 9.48 Å². The molecule has 1 aliphatic heterocycles. The van der Waals surface area contributed by atoms with Gasteiger partial charge >= 0.3 is 0 Å². The smallest absolute Gasteiger partial charge is 0.251 e. The zero-order valence-electron chi connectivity index (χ0n) is 18.2. The van der Waals surface area contributed by atoms with E-state index in [9.17, 15) is 9.90 Å². The fourth-order valence-electron chi connectivity index (χ4n) is 4.92. The number of aryl methyl sites for hydroxylation is 2. The minimum absolute atomic E-state index is 0.0379. The van der Waals surface area contributed by atoms with Gasteiger partial charge in [0.15, 0.2) is 0 Å². The second-order valence-electron chi connectivity index (χ2n) is 9.04. The zero-order chi connectivity index (χ0) is 21.5. The summed E-state index contributed by atoms with van der Waals surface area (Å²) in [7, 11) is 1.98. The highest BCUT2D eigenvalue weighted by molar-refractivity contribution is 5.97. The van der Waals surface area contributed by atoms with Crippen molar-refractivity contribution in [3.8, 4) is 0 Å². The van der Waals surface area contributed by atoms with Gasteiger partial charge in [0.25, 0.3) is 5.91 Å². The highest BCUT2D eigenvalue weighted by Gasteiger charge is 2.26. The van der Waals surface area contributed by atoms with Gasteiger partial charge in [-0.05, 0) is 62.8 Å². The number of aromatic nitrogens is 4. The molecular formula is C23H30N6O2. The Bertz CT molecular complexity index is 1090. The van der Waals surface area contributed by atoms with Gasteiger partial charge in [0.1, 0.15) is 0 Å². The fourth-order valence-corrected chi connectivity index (χ4v) is 4.92. The van der Waals surface area contributed by atoms with E-state index in [-0.39, 0.29) is 18.1 Å². The van der Waals surface area contributed by atoms with Crippen molar-refractivity contribution in [3.63, 3.8) is 0 Å². The molecule has 2 aromatic heterocycles. The van der Waals surface area contributed by atoms with E-state index in [0.717, 1.165) is 55.6 Å². The summed E-state index contributed by atoms with van der Waals surface area (Å²) in [6, 6.07) is 6.33. The minimum atomic E-state index is -0.298. The summed E-state index contributed by atoms with van der Waals surface area (Å²) in [5.41, 5.74) is 3.63. The predicted molar refractivity (Wildman–Crippen MR) is 119 cm³/mol. The molecule has 1 saturated heterocycles. The second kappa shape index (κ2) is 8.00. The molecule has 1 saturated carbocycles. The van der Waals surface area contributed by atoms with Crippen LogP contribution in [-0.4, -0.2) is 55.6 Å². The number of nitrogens with one attached hydrogen (secondary N) is 1. The Morgan fingerprint density at radius 3 is 2.68 bits per heavy atom. The van der Waals surface area contributed by atoms with Gasteiger partial charge in [-0.2, -0.15) is 5.10 Å². The standard InChI is InChI=1S/C23H30N6O2/c1-15-12-24-29(13-15)18-6-4-17(5-7-18)25-22(31)16-3-8-21-20(11-16)26-23(27(21)2)28-10-9-19(30)14-28/h3,8,11-13,17-19,30H,4-7,9-10,14H2,1-2H3,(H,25,31)/t17?,18?,19-/m0/s1. The molecule has 3 heterocycles. The van der Waals surface area contributed by atoms with Crippen LogP contribution in [0.4, 0.5) is 5.95 Å². The minimum Gasteiger partial charge on any atom is -0.391 e. The molecule has 5 rings (SSSR count). The van der Waals surface area contributed by atoms with Crippen molar-refractivity contribution < 1.29 is 9.90 Å². The van der Waals surface area contributed by atoms with Crippen LogP contribution < -0.4 is 10.2 Å². The van der Waals surface area contributed by atoms with E-state index in [2.05, 4.69) is 33.1 Å². The first-order valence-electron chi connectivity index (χ1n) is 11.2. The number of benzene rings is 1. The van der Waals surface area contributed by atoms with E-state index < -0.39 is 0 Å². The summed E-state index contributed by atoms with van der Waals surface area (Å²) in [5, 5.41) is 17.5. The molecule has 1 atom stereocenters. The molecule has 2 fully saturated rings. The third-order valence-electron chi connectivity index (χ3n) is 6.70. The summed E-state index contributed by atoms with van der Waals surface area (Å²) in [6.07, 6.45) is 8.44. The third-order valence-corrected chi connectivity index (χ3v) is 6.70. The molecule has 1 amide bonds. The number of rotatable bonds is 4. The molecule has 3 aromatic rings. The summed E-state index contributed by atoms with van der Waals surface area (Å²) in [5.74, 6) is 0.806. The van der Waals surface area contributed by atoms with Crippen LogP contribution in [0.1, 0.15) is 54.1 Å². The number of carbonyl (C=O) groups is 1. The molecule has 164 valence electrons. The van der Waals surface area contributed by atoms with Gasteiger partial charge in [0.05, 0.1) is 29.4 Å². The molecule has 8 heteroatoms. The van der Waals surface area contributed by atoms with E-state index in [1.807, 2.05) is 36.0 Å². The number of anilines is 1.